The van der Waals surface area contributed by atoms with Gasteiger partial charge in [0, 0.05) is 16.5 Å². The number of carboxylic acids is 1. The maximum atomic E-state index is 12.0. The van der Waals surface area contributed by atoms with Gasteiger partial charge in [0.1, 0.15) is 5.58 Å². The smallest absolute Gasteiger partial charge is 0.351 e. The third-order valence-electron chi connectivity index (χ3n) is 3.38. The molecule has 0 aliphatic heterocycles. The minimum absolute atomic E-state index is 0.196. The van der Waals surface area contributed by atoms with Crippen LogP contribution in [0.3, 0.4) is 0 Å². The summed E-state index contributed by atoms with van der Waals surface area (Å²) in [5.41, 5.74) is -0.259. The van der Waals surface area contributed by atoms with E-state index in [-0.39, 0.29) is 11.1 Å². The number of carbonyl (C=O) groups is 2. The van der Waals surface area contributed by atoms with Crippen LogP contribution in [0.5, 0.6) is 0 Å². The van der Waals surface area contributed by atoms with Crippen LogP contribution in [0.1, 0.15) is 20.7 Å². The van der Waals surface area contributed by atoms with Gasteiger partial charge < -0.3 is 9.52 Å². The fraction of sp³-hybridized carbons (Fsp3) is 0. The molecule has 0 fully saturated rings. The molecule has 0 saturated heterocycles. The lowest BCUT2D eigenvalue weighted by Gasteiger charge is -2.11. The zero-order valence-corrected chi connectivity index (χ0v) is 11.3. The molecule has 3 aromatic rings. The Hall–Kier alpha value is -3.21. The number of hydrogen-bond acceptors (Lipinski definition) is 4. The van der Waals surface area contributed by atoms with Crippen molar-refractivity contribution in [3.8, 4) is 11.1 Å². The molecule has 0 spiro atoms. The average molecular weight is 294 g/mol. The summed E-state index contributed by atoms with van der Waals surface area (Å²) in [7, 11) is 0. The van der Waals surface area contributed by atoms with Crippen molar-refractivity contribution in [3.05, 3.63) is 70.1 Å². The lowest BCUT2D eigenvalue weighted by atomic mass is 9.94. The van der Waals surface area contributed by atoms with E-state index in [9.17, 15) is 19.5 Å². The van der Waals surface area contributed by atoms with Crippen LogP contribution < -0.4 is 5.63 Å². The van der Waals surface area contributed by atoms with Crippen molar-refractivity contribution in [2.45, 2.75) is 0 Å². The zero-order chi connectivity index (χ0) is 15.7. The van der Waals surface area contributed by atoms with E-state index in [1.807, 2.05) is 0 Å². The molecule has 108 valence electrons. The van der Waals surface area contributed by atoms with Crippen LogP contribution in [0.4, 0.5) is 0 Å². The van der Waals surface area contributed by atoms with E-state index in [2.05, 4.69) is 0 Å². The minimum Gasteiger partial charge on any atom is -0.477 e. The van der Waals surface area contributed by atoms with Gasteiger partial charge in [-0.1, -0.05) is 42.5 Å². The van der Waals surface area contributed by atoms with Crippen molar-refractivity contribution in [3.63, 3.8) is 0 Å². The Morgan fingerprint density at radius 2 is 1.73 bits per heavy atom. The lowest BCUT2D eigenvalue weighted by molar-refractivity contribution is 0.0693. The Balaban J connectivity index is 2.55. The van der Waals surface area contributed by atoms with Gasteiger partial charge in [-0.3, -0.25) is 4.79 Å². The van der Waals surface area contributed by atoms with Crippen LogP contribution >= 0.6 is 0 Å². The Kier molecular flexibility index (Phi) is 3.31. The van der Waals surface area contributed by atoms with E-state index < -0.39 is 17.2 Å². The molecule has 0 aliphatic carbocycles. The van der Waals surface area contributed by atoms with Crippen molar-refractivity contribution in [2.24, 2.45) is 0 Å². The topological polar surface area (TPSA) is 84.6 Å². The molecule has 3 rings (SSSR count). The molecule has 1 aromatic heterocycles. The number of carboxylic acid groups (broad SMARTS) is 1. The van der Waals surface area contributed by atoms with Crippen LogP contribution in [0.15, 0.2) is 57.7 Å². The Labute approximate surface area is 124 Å². The summed E-state index contributed by atoms with van der Waals surface area (Å²) in [5.74, 6) is -1.39. The molecule has 5 nitrogen and oxygen atoms in total. The largest absolute Gasteiger partial charge is 0.477 e. The number of benzene rings is 2. The highest BCUT2D eigenvalue weighted by atomic mass is 16.4. The summed E-state index contributed by atoms with van der Waals surface area (Å²) in [6.07, 6.45) is 0.629. The van der Waals surface area contributed by atoms with Gasteiger partial charge in [0.25, 0.3) is 0 Å². The first-order valence-electron chi connectivity index (χ1n) is 6.47. The molecule has 0 radical (unpaired) electrons. The fourth-order valence-corrected chi connectivity index (χ4v) is 2.45. The summed E-state index contributed by atoms with van der Waals surface area (Å²) in [6, 6.07) is 13.1. The van der Waals surface area contributed by atoms with Gasteiger partial charge in [-0.15, -0.1) is 0 Å². The highest BCUT2D eigenvalue weighted by Crippen LogP contribution is 2.32. The van der Waals surface area contributed by atoms with Gasteiger partial charge in [0.15, 0.2) is 11.8 Å². The minimum atomic E-state index is -1.39. The SMILES string of the molecule is O=Cc1ccccc1-c1c(C(=O)O)c(=O)oc2ccccc12. The van der Waals surface area contributed by atoms with Gasteiger partial charge in [0.2, 0.25) is 0 Å². The van der Waals surface area contributed by atoms with Gasteiger partial charge in [-0.05, 0) is 11.6 Å². The molecule has 0 atom stereocenters. The van der Waals surface area contributed by atoms with Crippen molar-refractivity contribution < 1.29 is 19.1 Å². The number of aromatic carboxylic acids is 1. The fourth-order valence-electron chi connectivity index (χ4n) is 2.45. The standard InChI is InChI=1S/C17H10O5/c18-9-10-5-1-2-6-11(10)14-12-7-3-4-8-13(12)22-17(21)15(14)16(19)20/h1-9H,(H,19,20). The summed E-state index contributed by atoms with van der Waals surface area (Å²) >= 11 is 0. The first kappa shape index (κ1) is 13.8. The molecule has 0 amide bonds. The summed E-state index contributed by atoms with van der Waals surface area (Å²) in [5, 5.41) is 9.85. The molecule has 22 heavy (non-hydrogen) atoms. The van der Waals surface area contributed by atoms with Gasteiger partial charge in [-0.25, -0.2) is 9.59 Å². The number of carbonyl (C=O) groups excluding carboxylic acids is 1. The molecule has 0 aliphatic rings. The molecular formula is C17H10O5. The van der Waals surface area contributed by atoms with Crippen molar-refractivity contribution >= 4 is 23.2 Å². The molecule has 0 unspecified atom stereocenters. The number of hydrogen-bond donors (Lipinski definition) is 1. The molecule has 5 heteroatoms. The van der Waals surface area contributed by atoms with Crippen LogP contribution in [0, 0.1) is 0 Å². The van der Waals surface area contributed by atoms with Gasteiger partial charge in [-0.2, -0.15) is 0 Å². The van der Waals surface area contributed by atoms with E-state index in [1.165, 1.54) is 0 Å². The van der Waals surface area contributed by atoms with Crippen LogP contribution in [-0.4, -0.2) is 17.4 Å². The lowest BCUT2D eigenvalue weighted by Crippen LogP contribution is -2.16. The normalized spacial score (nSPS) is 10.5. The molecule has 0 saturated carbocycles. The van der Waals surface area contributed by atoms with Crippen molar-refractivity contribution in [1.29, 1.82) is 0 Å². The van der Waals surface area contributed by atoms with E-state index in [4.69, 9.17) is 4.42 Å². The number of aldehydes is 1. The summed E-state index contributed by atoms with van der Waals surface area (Å²) < 4.78 is 5.07. The predicted octanol–water partition coefficient (Wildman–Crippen LogP) is 2.97. The van der Waals surface area contributed by atoms with E-state index in [0.717, 1.165) is 0 Å². The number of rotatable bonds is 3. The molecular weight excluding hydrogens is 284 g/mol. The first-order chi connectivity index (χ1) is 10.6. The Bertz CT molecular complexity index is 953. The first-order valence-corrected chi connectivity index (χ1v) is 6.47. The highest BCUT2D eigenvalue weighted by molar-refractivity contribution is 6.07. The second-order valence-corrected chi connectivity index (χ2v) is 4.65. The maximum absolute atomic E-state index is 12.0. The molecule has 2 aromatic carbocycles. The van der Waals surface area contributed by atoms with E-state index in [0.29, 0.717) is 22.8 Å². The van der Waals surface area contributed by atoms with E-state index in [1.54, 1.807) is 48.5 Å². The second kappa shape index (κ2) is 5.29. The Morgan fingerprint density at radius 3 is 2.45 bits per heavy atom. The Morgan fingerprint density at radius 1 is 1.05 bits per heavy atom. The van der Waals surface area contributed by atoms with Crippen molar-refractivity contribution in [1.82, 2.24) is 0 Å². The second-order valence-electron chi connectivity index (χ2n) is 4.65. The van der Waals surface area contributed by atoms with Crippen molar-refractivity contribution in [2.75, 3.05) is 0 Å². The highest BCUT2D eigenvalue weighted by Gasteiger charge is 2.22. The maximum Gasteiger partial charge on any atom is 0.351 e. The van der Waals surface area contributed by atoms with Crippen LogP contribution in [-0.2, 0) is 0 Å². The molecule has 0 bridgehead atoms. The quantitative estimate of drug-likeness (QED) is 0.593. The summed E-state index contributed by atoms with van der Waals surface area (Å²) in [4.78, 5) is 34.8. The molecule has 1 N–H and O–H groups in total. The number of fused-ring (bicyclic) bond motifs is 1. The van der Waals surface area contributed by atoms with E-state index >= 15 is 0 Å². The van der Waals surface area contributed by atoms with Crippen LogP contribution in [0.25, 0.3) is 22.1 Å². The molecule has 1 heterocycles. The predicted molar refractivity (Wildman–Crippen MR) is 80.3 cm³/mol. The van der Waals surface area contributed by atoms with Gasteiger partial charge in [0.05, 0.1) is 0 Å². The monoisotopic (exact) mass is 294 g/mol. The average Bonchev–Trinajstić information content (AvgIpc) is 2.53. The summed E-state index contributed by atoms with van der Waals surface area (Å²) in [6.45, 7) is 0. The van der Waals surface area contributed by atoms with Crippen LogP contribution in [0.2, 0.25) is 0 Å². The third-order valence-corrected chi connectivity index (χ3v) is 3.38. The third kappa shape index (κ3) is 2.09. The zero-order valence-electron chi connectivity index (χ0n) is 11.3. The van der Waals surface area contributed by atoms with Gasteiger partial charge >= 0.3 is 11.6 Å². The number of para-hydroxylation sites is 1.